The Kier molecular flexibility index (Phi) is 1.71. The molecule has 4 nitrogen and oxygen atoms in total. The fourth-order valence-corrected chi connectivity index (χ4v) is 0.0622. The Morgan fingerprint density at radius 3 is 2.50 bits per heavy atom. The fourth-order valence-electron chi connectivity index (χ4n) is 0.0622. The summed E-state index contributed by atoms with van der Waals surface area (Å²) in [6.45, 7) is 0. The van der Waals surface area contributed by atoms with Gasteiger partial charge in [0, 0.05) is 0 Å². The zero-order chi connectivity index (χ0) is 4.99. The molecule has 0 aromatic rings. The van der Waals surface area contributed by atoms with E-state index in [1.165, 1.54) is 0 Å². The zero-order valence-electron chi connectivity index (χ0n) is 3.05. The summed E-state index contributed by atoms with van der Waals surface area (Å²) in [7, 11) is 0. The van der Waals surface area contributed by atoms with Crippen molar-refractivity contribution in [2.45, 2.75) is 0 Å². The summed E-state index contributed by atoms with van der Waals surface area (Å²) >= 11 is 0. The predicted molar refractivity (Wildman–Crippen MR) is 21.6 cm³/mol. The van der Waals surface area contributed by atoms with Gasteiger partial charge in [-0.1, -0.05) is 0 Å². The zero-order valence-corrected chi connectivity index (χ0v) is 3.05. The van der Waals surface area contributed by atoms with Crippen molar-refractivity contribution in [3.8, 4) is 0 Å². The van der Waals surface area contributed by atoms with Crippen LogP contribution in [0.4, 0.5) is 0 Å². The van der Waals surface area contributed by atoms with Crippen molar-refractivity contribution >= 4 is 12.1 Å². The molecular weight excluding hydrogens is 80.1 g/mol. The lowest BCUT2D eigenvalue weighted by Gasteiger charge is -1.63. The molecule has 32 valence electrons. The number of nitrogens with zero attached hydrogens (tertiary/aromatic N) is 2. The molecule has 0 saturated carbocycles. The molecule has 0 radical (unpaired) electrons. The first-order valence-electron chi connectivity index (χ1n) is 1.29. The number of nitrogens with one attached hydrogen (secondary N) is 1. The first-order valence-corrected chi connectivity index (χ1v) is 1.29. The summed E-state index contributed by atoms with van der Waals surface area (Å²) in [6, 6.07) is 0. The average Bonchev–Trinajstić information content (AvgIpc) is 1.35. The van der Waals surface area contributed by atoms with Gasteiger partial charge < -0.3 is 11.3 Å². The summed E-state index contributed by atoms with van der Waals surface area (Å²) in [5, 5.41) is 6.36. The van der Waals surface area contributed by atoms with Gasteiger partial charge in [-0.2, -0.15) is 4.79 Å². The van der Waals surface area contributed by atoms with Crippen LogP contribution in [0.1, 0.15) is 0 Å². The van der Waals surface area contributed by atoms with Crippen LogP contribution in [0, 0.1) is 5.41 Å². The third kappa shape index (κ3) is 2.85. The molecular formula is C2H4N4. The molecule has 0 aromatic heterocycles. The van der Waals surface area contributed by atoms with Crippen LogP contribution in [0.2, 0.25) is 0 Å². The Balaban J connectivity index is 3.60. The predicted octanol–water partition coefficient (Wildman–Crippen LogP) is -0.777. The fraction of sp³-hybridized carbons (Fsp3) is 0. The van der Waals surface area contributed by atoms with Gasteiger partial charge in [0.2, 0.25) is 0 Å². The van der Waals surface area contributed by atoms with Crippen LogP contribution in [-0.2, 0) is 0 Å². The molecule has 0 rings (SSSR count). The van der Waals surface area contributed by atoms with Crippen LogP contribution in [0.5, 0.6) is 0 Å². The Hall–Kier alpha value is -1.15. The average molecular weight is 84.1 g/mol. The summed E-state index contributed by atoms with van der Waals surface area (Å²) in [5.41, 5.74) is 12.3. The second-order valence-electron chi connectivity index (χ2n) is 0.700. The maximum absolute atomic E-state index is 7.59. The summed E-state index contributed by atoms with van der Waals surface area (Å²) in [5.74, 6) is -0.252. The molecule has 0 aromatic carbocycles. The molecule has 0 fully saturated rings. The lowest BCUT2D eigenvalue weighted by Crippen LogP contribution is -2.10. The molecule has 0 atom stereocenters. The molecule has 0 saturated heterocycles. The van der Waals surface area contributed by atoms with E-state index in [-0.39, 0.29) is 5.84 Å². The van der Waals surface area contributed by atoms with Crippen molar-refractivity contribution in [2.75, 3.05) is 0 Å². The highest BCUT2D eigenvalue weighted by Crippen LogP contribution is 1.36. The van der Waals surface area contributed by atoms with Crippen LogP contribution in [-0.4, -0.2) is 16.8 Å². The standard InChI is InChI=1S/C2H4N4/c3-2(4)1-6-5/h1H,(H3,3,4). The van der Waals surface area contributed by atoms with Gasteiger partial charge in [-0.3, -0.25) is 5.41 Å². The molecule has 0 aliphatic carbocycles. The summed E-state index contributed by atoms with van der Waals surface area (Å²) < 4.78 is 0. The van der Waals surface area contributed by atoms with Gasteiger partial charge in [-0.05, 0) is 0 Å². The minimum Gasteiger partial charge on any atom is -0.378 e. The van der Waals surface area contributed by atoms with E-state index in [0.717, 1.165) is 6.21 Å². The van der Waals surface area contributed by atoms with Crippen molar-refractivity contribution in [1.29, 1.82) is 5.41 Å². The third-order valence-electron chi connectivity index (χ3n) is 0.197. The second-order valence-corrected chi connectivity index (χ2v) is 0.700. The SMILES string of the molecule is [N-]=[N+]=CC(=N)N. The molecule has 0 amide bonds. The Morgan fingerprint density at radius 2 is 2.50 bits per heavy atom. The minimum atomic E-state index is -0.252. The third-order valence-corrected chi connectivity index (χ3v) is 0.197. The Labute approximate surface area is 34.7 Å². The monoisotopic (exact) mass is 84.0 g/mol. The first kappa shape index (κ1) is 4.85. The maximum Gasteiger partial charge on any atom is 0.321 e. The van der Waals surface area contributed by atoms with E-state index in [1.54, 1.807) is 0 Å². The van der Waals surface area contributed by atoms with E-state index in [2.05, 4.69) is 10.5 Å². The van der Waals surface area contributed by atoms with Crippen LogP contribution >= 0.6 is 0 Å². The van der Waals surface area contributed by atoms with Gasteiger partial charge in [-0.15, -0.1) is 0 Å². The number of rotatable bonds is 1. The van der Waals surface area contributed by atoms with Crippen molar-refractivity contribution in [3.05, 3.63) is 5.53 Å². The molecule has 0 heterocycles. The highest BCUT2D eigenvalue weighted by Gasteiger charge is 1.77. The normalized spacial score (nSPS) is 6.00. The van der Waals surface area contributed by atoms with Crippen molar-refractivity contribution in [2.24, 2.45) is 5.73 Å². The first-order chi connectivity index (χ1) is 2.77. The van der Waals surface area contributed by atoms with Crippen molar-refractivity contribution in [1.82, 2.24) is 0 Å². The largest absolute Gasteiger partial charge is 0.378 e. The summed E-state index contributed by atoms with van der Waals surface area (Å²) in [4.78, 5) is 2.46. The number of hydrogen-bond donors (Lipinski definition) is 2. The lowest BCUT2D eigenvalue weighted by atomic mass is 10.7. The van der Waals surface area contributed by atoms with Crippen LogP contribution in [0.15, 0.2) is 0 Å². The van der Waals surface area contributed by atoms with E-state index in [1.807, 2.05) is 0 Å². The molecule has 4 heteroatoms. The molecule has 0 aliphatic rings. The number of amidine groups is 1. The molecule has 0 bridgehead atoms. The van der Waals surface area contributed by atoms with Gasteiger partial charge in [0.1, 0.15) is 0 Å². The smallest absolute Gasteiger partial charge is 0.321 e. The summed E-state index contributed by atoms with van der Waals surface area (Å²) in [6.07, 6.45) is 0.833. The van der Waals surface area contributed by atoms with E-state index in [4.69, 9.17) is 10.9 Å². The van der Waals surface area contributed by atoms with Gasteiger partial charge in [0.15, 0.2) is 5.84 Å². The van der Waals surface area contributed by atoms with Gasteiger partial charge in [-0.25, -0.2) is 0 Å². The minimum absolute atomic E-state index is 0.252. The second kappa shape index (κ2) is 2.11. The van der Waals surface area contributed by atoms with E-state index < -0.39 is 0 Å². The number of nitrogens with two attached hydrogens (primary N) is 1. The van der Waals surface area contributed by atoms with Crippen molar-refractivity contribution < 1.29 is 4.79 Å². The van der Waals surface area contributed by atoms with Gasteiger partial charge in [0.25, 0.3) is 0 Å². The van der Waals surface area contributed by atoms with Crippen LogP contribution in [0.3, 0.4) is 0 Å². The van der Waals surface area contributed by atoms with Gasteiger partial charge in [0.05, 0.1) is 0 Å². The van der Waals surface area contributed by atoms with Crippen LogP contribution in [0.25, 0.3) is 5.53 Å². The molecule has 6 heavy (non-hydrogen) atoms. The molecule has 0 unspecified atom stereocenters. The molecule has 3 N–H and O–H groups in total. The van der Waals surface area contributed by atoms with E-state index >= 15 is 0 Å². The highest BCUT2D eigenvalue weighted by atomic mass is 14.9. The topological polar surface area (TPSA) is 86.3 Å². The van der Waals surface area contributed by atoms with Gasteiger partial charge >= 0.3 is 6.21 Å². The lowest BCUT2D eigenvalue weighted by molar-refractivity contribution is 0.00644. The van der Waals surface area contributed by atoms with Crippen LogP contribution < -0.4 is 5.73 Å². The molecule has 0 spiro atoms. The highest BCUT2D eigenvalue weighted by molar-refractivity contribution is 6.24. The van der Waals surface area contributed by atoms with E-state index in [0.29, 0.717) is 0 Å². The van der Waals surface area contributed by atoms with Crippen molar-refractivity contribution in [3.63, 3.8) is 0 Å². The Bertz CT molecular complexity index is 98.1. The van der Waals surface area contributed by atoms with E-state index in [9.17, 15) is 0 Å². The maximum atomic E-state index is 7.59. The number of hydrogen-bond acceptors (Lipinski definition) is 1. The Morgan fingerprint density at radius 1 is 2.00 bits per heavy atom. The molecule has 0 aliphatic heterocycles. The quantitative estimate of drug-likeness (QED) is 0.186.